The van der Waals surface area contributed by atoms with Crippen molar-refractivity contribution in [3.8, 4) is 0 Å². The molecule has 0 radical (unpaired) electrons. The maximum atomic E-state index is 12.3. The molecule has 0 aliphatic carbocycles. The third kappa shape index (κ3) is 6.01. The largest absolute Gasteiger partial charge is 0.355 e. The van der Waals surface area contributed by atoms with Gasteiger partial charge in [0.2, 0.25) is 11.8 Å². The van der Waals surface area contributed by atoms with E-state index in [4.69, 9.17) is 11.6 Å². The van der Waals surface area contributed by atoms with Crippen LogP contribution < -0.4 is 5.32 Å². The number of thioether (sulfide) groups is 1. The summed E-state index contributed by atoms with van der Waals surface area (Å²) in [6, 6.07) is 18.0. The lowest BCUT2D eigenvalue weighted by molar-refractivity contribution is -0.127. The number of hydrogen-bond acceptors (Lipinski definition) is 3. The lowest BCUT2D eigenvalue weighted by atomic mass is 10.0. The van der Waals surface area contributed by atoms with Crippen molar-refractivity contribution in [1.82, 2.24) is 10.2 Å². The van der Waals surface area contributed by atoms with Gasteiger partial charge in [-0.15, -0.1) is 11.8 Å². The van der Waals surface area contributed by atoms with Gasteiger partial charge in [-0.3, -0.25) is 9.59 Å². The van der Waals surface area contributed by atoms with Gasteiger partial charge in [0.05, 0.1) is 11.0 Å². The van der Waals surface area contributed by atoms with Crippen molar-refractivity contribution < 1.29 is 9.59 Å². The Kier molecular flexibility index (Phi) is 7.80. The molecule has 2 amide bonds. The number of halogens is 1. The van der Waals surface area contributed by atoms with E-state index in [0.29, 0.717) is 23.7 Å². The summed E-state index contributed by atoms with van der Waals surface area (Å²) in [6.07, 6.45) is 2.41. The van der Waals surface area contributed by atoms with Crippen LogP contribution in [-0.2, 0) is 9.59 Å². The Hall–Kier alpha value is -1.98. The zero-order chi connectivity index (χ0) is 19.8. The molecule has 1 heterocycles. The van der Waals surface area contributed by atoms with Gasteiger partial charge in [0.25, 0.3) is 0 Å². The van der Waals surface area contributed by atoms with E-state index in [2.05, 4.69) is 17.4 Å². The first-order chi connectivity index (χ1) is 13.6. The lowest BCUT2D eigenvalue weighted by Gasteiger charge is -2.18. The van der Waals surface area contributed by atoms with Gasteiger partial charge in [-0.25, -0.2) is 0 Å². The number of nitrogens with zero attached hydrogens (tertiary/aromatic N) is 1. The number of rotatable bonds is 9. The highest BCUT2D eigenvalue weighted by atomic mass is 35.5. The van der Waals surface area contributed by atoms with E-state index in [0.717, 1.165) is 37.1 Å². The quantitative estimate of drug-likeness (QED) is 0.620. The first kappa shape index (κ1) is 20.7. The summed E-state index contributed by atoms with van der Waals surface area (Å²) in [7, 11) is 0. The molecule has 1 aliphatic heterocycles. The Bertz CT molecular complexity index is 783. The predicted octanol–water partition coefficient (Wildman–Crippen LogP) is 4.29. The summed E-state index contributed by atoms with van der Waals surface area (Å²) in [6.45, 7) is 2.17. The fraction of sp³-hybridized carbons (Fsp3) is 0.364. The van der Waals surface area contributed by atoms with E-state index < -0.39 is 0 Å². The molecule has 0 aromatic heterocycles. The van der Waals surface area contributed by atoms with Gasteiger partial charge in [0.15, 0.2) is 0 Å². The molecule has 4 nitrogen and oxygen atoms in total. The molecule has 6 heteroatoms. The zero-order valence-corrected chi connectivity index (χ0v) is 17.3. The molecule has 0 spiro atoms. The van der Waals surface area contributed by atoms with Crippen LogP contribution in [-0.4, -0.2) is 42.1 Å². The van der Waals surface area contributed by atoms with Crippen molar-refractivity contribution in [2.75, 3.05) is 25.4 Å². The average molecular weight is 417 g/mol. The minimum absolute atomic E-state index is 0.0210. The Morgan fingerprint density at radius 2 is 1.82 bits per heavy atom. The van der Waals surface area contributed by atoms with E-state index in [1.165, 1.54) is 0 Å². The second-order valence-electron chi connectivity index (χ2n) is 6.84. The summed E-state index contributed by atoms with van der Waals surface area (Å²) in [5.74, 6) is 0.633. The van der Waals surface area contributed by atoms with Gasteiger partial charge < -0.3 is 10.2 Å². The molecular formula is C22H25ClN2O2S. The second-order valence-corrected chi connectivity index (χ2v) is 8.37. The van der Waals surface area contributed by atoms with Crippen LogP contribution >= 0.6 is 23.4 Å². The molecular weight excluding hydrogens is 392 g/mol. The van der Waals surface area contributed by atoms with Crippen LogP contribution in [0.2, 0.25) is 5.02 Å². The molecule has 148 valence electrons. The number of likely N-dealkylation sites (tertiary alicyclic amines) is 1. The van der Waals surface area contributed by atoms with Gasteiger partial charge in [0.1, 0.15) is 0 Å². The lowest BCUT2D eigenvalue weighted by Crippen LogP contribution is -2.31. The number of nitrogens with one attached hydrogen (secondary N) is 1. The molecule has 1 aliphatic rings. The normalized spacial score (nSPS) is 14.9. The summed E-state index contributed by atoms with van der Waals surface area (Å²) >= 11 is 7.63. The Labute approximate surface area is 175 Å². The molecule has 1 unspecified atom stereocenters. The van der Waals surface area contributed by atoms with Gasteiger partial charge in [-0.2, -0.15) is 0 Å². The van der Waals surface area contributed by atoms with Crippen LogP contribution in [0.1, 0.15) is 35.6 Å². The third-order valence-corrected chi connectivity index (χ3v) is 6.31. The van der Waals surface area contributed by atoms with Gasteiger partial charge >= 0.3 is 0 Å². The number of carbonyl (C=O) groups is 2. The fourth-order valence-electron chi connectivity index (χ4n) is 3.30. The maximum Gasteiger partial charge on any atom is 0.230 e. The summed E-state index contributed by atoms with van der Waals surface area (Å²) < 4.78 is 0. The summed E-state index contributed by atoms with van der Waals surface area (Å²) in [5.41, 5.74) is 2.29. The van der Waals surface area contributed by atoms with Crippen molar-refractivity contribution >= 4 is 35.2 Å². The van der Waals surface area contributed by atoms with Crippen molar-refractivity contribution in [3.05, 3.63) is 70.7 Å². The maximum absolute atomic E-state index is 12.3. The highest BCUT2D eigenvalue weighted by Crippen LogP contribution is 2.35. The molecule has 2 aromatic rings. The van der Waals surface area contributed by atoms with Crippen LogP contribution in [0.5, 0.6) is 0 Å². The van der Waals surface area contributed by atoms with E-state index in [1.54, 1.807) is 11.8 Å². The minimum atomic E-state index is 0.0210. The molecule has 0 bridgehead atoms. The number of benzene rings is 2. The number of hydrogen-bond donors (Lipinski definition) is 1. The van der Waals surface area contributed by atoms with Crippen molar-refractivity contribution in [2.24, 2.45) is 0 Å². The summed E-state index contributed by atoms with van der Waals surface area (Å²) in [5, 5.41) is 3.75. The van der Waals surface area contributed by atoms with Crippen molar-refractivity contribution in [1.29, 1.82) is 0 Å². The Morgan fingerprint density at radius 1 is 1.11 bits per heavy atom. The second kappa shape index (κ2) is 10.5. The van der Waals surface area contributed by atoms with Crippen LogP contribution in [0.25, 0.3) is 0 Å². The van der Waals surface area contributed by atoms with E-state index in [1.807, 2.05) is 47.4 Å². The van der Waals surface area contributed by atoms with E-state index in [-0.39, 0.29) is 17.1 Å². The zero-order valence-electron chi connectivity index (χ0n) is 15.8. The molecule has 1 fully saturated rings. The Morgan fingerprint density at radius 3 is 2.50 bits per heavy atom. The van der Waals surface area contributed by atoms with Crippen LogP contribution in [0.3, 0.4) is 0 Å². The van der Waals surface area contributed by atoms with Crippen LogP contribution in [0, 0.1) is 0 Å². The molecule has 28 heavy (non-hydrogen) atoms. The molecule has 1 saturated heterocycles. The van der Waals surface area contributed by atoms with E-state index in [9.17, 15) is 9.59 Å². The fourth-order valence-corrected chi connectivity index (χ4v) is 4.54. The standard InChI is InChI=1S/C22H25ClN2O2S/c23-19-11-9-18(10-12-19)22(17-6-2-1-3-7-17)28-16-20(26)24-13-5-15-25-14-4-8-21(25)27/h1-3,6-7,9-12,22H,4-5,8,13-16H2,(H,24,26). The van der Waals surface area contributed by atoms with Gasteiger partial charge in [0, 0.05) is 31.1 Å². The minimum Gasteiger partial charge on any atom is -0.355 e. The van der Waals surface area contributed by atoms with Crippen molar-refractivity contribution in [2.45, 2.75) is 24.5 Å². The van der Waals surface area contributed by atoms with Crippen molar-refractivity contribution in [3.63, 3.8) is 0 Å². The highest BCUT2D eigenvalue weighted by molar-refractivity contribution is 8.00. The van der Waals surface area contributed by atoms with Crippen LogP contribution in [0.4, 0.5) is 0 Å². The number of amides is 2. The van der Waals surface area contributed by atoms with Gasteiger partial charge in [-0.05, 0) is 36.1 Å². The average Bonchev–Trinajstić information content (AvgIpc) is 3.12. The predicted molar refractivity (Wildman–Crippen MR) is 116 cm³/mol. The molecule has 0 saturated carbocycles. The smallest absolute Gasteiger partial charge is 0.230 e. The highest BCUT2D eigenvalue weighted by Gasteiger charge is 2.19. The first-order valence-corrected chi connectivity index (χ1v) is 11.0. The third-order valence-electron chi connectivity index (χ3n) is 4.75. The Balaban J connectivity index is 1.49. The monoisotopic (exact) mass is 416 g/mol. The first-order valence-electron chi connectivity index (χ1n) is 9.60. The van der Waals surface area contributed by atoms with E-state index >= 15 is 0 Å². The molecule has 3 rings (SSSR count). The molecule has 1 N–H and O–H groups in total. The molecule has 2 aromatic carbocycles. The number of carbonyl (C=O) groups excluding carboxylic acids is 2. The van der Waals surface area contributed by atoms with Gasteiger partial charge in [-0.1, -0.05) is 54.1 Å². The molecule has 1 atom stereocenters. The van der Waals surface area contributed by atoms with Crippen LogP contribution in [0.15, 0.2) is 54.6 Å². The SMILES string of the molecule is O=C(CSC(c1ccccc1)c1ccc(Cl)cc1)NCCCN1CCCC1=O. The topological polar surface area (TPSA) is 49.4 Å². The summed E-state index contributed by atoms with van der Waals surface area (Å²) in [4.78, 5) is 25.8.